The molecule has 0 aliphatic heterocycles. The fraction of sp³-hybridized carbons (Fsp3) is 0.0500. The lowest BCUT2D eigenvalue weighted by Gasteiger charge is -2.11. The summed E-state index contributed by atoms with van der Waals surface area (Å²) in [4.78, 5) is 9.05. The summed E-state index contributed by atoms with van der Waals surface area (Å²) in [6.45, 7) is 4.28. The zero-order chi connectivity index (χ0) is 17.5. The number of benzene rings is 2. The van der Waals surface area contributed by atoms with E-state index in [9.17, 15) is 0 Å². The van der Waals surface area contributed by atoms with Gasteiger partial charge in [-0.15, -0.1) is 6.58 Å². The second-order valence-corrected chi connectivity index (χ2v) is 5.31. The number of anilines is 3. The van der Waals surface area contributed by atoms with E-state index in [1.807, 2.05) is 48.5 Å². The first-order valence-corrected chi connectivity index (χ1v) is 7.85. The molecule has 122 valence electrons. The van der Waals surface area contributed by atoms with Crippen LogP contribution in [0, 0.1) is 11.3 Å². The Kier molecular flexibility index (Phi) is 5.03. The van der Waals surface area contributed by atoms with Crippen LogP contribution in [0.3, 0.4) is 0 Å². The van der Waals surface area contributed by atoms with E-state index < -0.39 is 0 Å². The summed E-state index contributed by atoms with van der Waals surface area (Å²) in [7, 11) is 0. The molecule has 0 unspecified atom stereocenters. The lowest BCUT2D eigenvalue weighted by atomic mass is 10.1. The van der Waals surface area contributed by atoms with Gasteiger partial charge in [0.1, 0.15) is 5.82 Å². The molecule has 0 saturated heterocycles. The molecule has 0 spiro atoms. The van der Waals surface area contributed by atoms with E-state index in [4.69, 9.17) is 5.26 Å². The second-order valence-electron chi connectivity index (χ2n) is 5.31. The largest absolute Gasteiger partial charge is 0.351 e. The Bertz CT molecular complexity index is 896. The van der Waals surface area contributed by atoms with Crippen molar-refractivity contribution in [2.75, 3.05) is 17.2 Å². The van der Waals surface area contributed by atoms with E-state index >= 15 is 0 Å². The molecule has 2 N–H and O–H groups in total. The van der Waals surface area contributed by atoms with Crippen molar-refractivity contribution < 1.29 is 0 Å². The Hall–Kier alpha value is -3.65. The van der Waals surface area contributed by atoms with Crippen molar-refractivity contribution >= 4 is 17.5 Å². The highest BCUT2D eigenvalue weighted by atomic mass is 15.1. The van der Waals surface area contributed by atoms with Crippen molar-refractivity contribution in [1.29, 1.82) is 5.26 Å². The Morgan fingerprint density at radius 1 is 1.04 bits per heavy atom. The maximum atomic E-state index is 8.89. The van der Waals surface area contributed by atoms with Crippen molar-refractivity contribution in [3.8, 4) is 17.3 Å². The van der Waals surface area contributed by atoms with E-state index in [1.54, 1.807) is 18.2 Å². The molecule has 2 aromatic carbocycles. The van der Waals surface area contributed by atoms with Gasteiger partial charge in [0.05, 0.1) is 17.3 Å². The number of hydrogen-bond donors (Lipinski definition) is 2. The number of nitrogens with zero attached hydrogens (tertiary/aromatic N) is 3. The average Bonchev–Trinajstić information content (AvgIpc) is 2.67. The third-order valence-corrected chi connectivity index (χ3v) is 3.49. The summed E-state index contributed by atoms with van der Waals surface area (Å²) in [6, 6.07) is 21.2. The van der Waals surface area contributed by atoms with Crippen LogP contribution in [0.4, 0.5) is 17.5 Å². The molecule has 0 amide bonds. The lowest BCUT2D eigenvalue weighted by Crippen LogP contribution is -2.06. The predicted molar refractivity (Wildman–Crippen MR) is 101 cm³/mol. The van der Waals surface area contributed by atoms with Gasteiger partial charge in [0.15, 0.2) is 0 Å². The molecule has 0 radical (unpaired) electrons. The standard InChI is InChI=1S/C20H17N5/c1-2-12-22-20-24-18(16-6-4-3-5-7-16)13-19(25-20)23-17-10-8-15(14-21)9-11-17/h2-11,13H,1,12H2,(H2,22,23,24,25). The Labute approximate surface area is 146 Å². The van der Waals surface area contributed by atoms with E-state index in [0.29, 0.717) is 23.9 Å². The van der Waals surface area contributed by atoms with Crippen molar-refractivity contribution in [2.45, 2.75) is 0 Å². The van der Waals surface area contributed by atoms with E-state index in [0.717, 1.165) is 16.9 Å². The highest BCUT2D eigenvalue weighted by Crippen LogP contribution is 2.23. The predicted octanol–water partition coefficient (Wildman–Crippen LogP) is 4.36. The van der Waals surface area contributed by atoms with Crippen LogP contribution >= 0.6 is 0 Å². The Morgan fingerprint density at radius 2 is 1.80 bits per heavy atom. The van der Waals surface area contributed by atoms with Crippen molar-refractivity contribution in [2.24, 2.45) is 0 Å². The minimum atomic E-state index is 0.525. The fourth-order valence-electron chi connectivity index (χ4n) is 2.29. The minimum Gasteiger partial charge on any atom is -0.351 e. The zero-order valence-electron chi connectivity index (χ0n) is 13.6. The molecule has 0 atom stereocenters. The highest BCUT2D eigenvalue weighted by molar-refractivity contribution is 5.67. The minimum absolute atomic E-state index is 0.525. The number of nitrogens with one attached hydrogen (secondary N) is 2. The molecular weight excluding hydrogens is 310 g/mol. The van der Waals surface area contributed by atoms with Crippen molar-refractivity contribution in [3.05, 3.63) is 78.9 Å². The first-order chi connectivity index (χ1) is 12.3. The summed E-state index contributed by atoms with van der Waals surface area (Å²) in [5, 5.41) is 15.3. The third kappa shape index (κ3) is 4.21. The van der Waals surface area contributed by atoms with Crippen LogP contribution in [-0.4, -0.2) is 16.5 Å². The summed E-state index contributed by atoms with van der Waals surface area (Å²) in [5.74, 6) is 1.20. The van der Waals surface area contributed by atoms with Gasteiger partial charge in [0.2, 0.25) is 5.95 Å². The normalized spacial score (nSPS) is 9.88. The first-order valence-electron chi connectivity index (χ1n) is 7.85. The van der Waals surface area contributed by atoms with Crippen LogP contribution in [0.5, 0.6) is 0 Å². The van der Waals surface area contributed by atoms with Crippen LogP contribution in [0.2, 0.25) is 0 Å². The van der Waals surface area contributed by atoms with Gasteiger partial charge in [-0.3, -0.25) is 0 Å². The quantitative estimate of drug-likeness (QED) is 0.658. The van der Waals surface area contributed by atoms with Crippen molar-refractivity contribution in [3.63, 3.8) is 0 Å². The Balaban J connectivity index is 1.93. The molecule has 0 aliphatic rings. The van der Waals surface area contributed by atoms with Gasteiger partial charge in [-0.25, -0.2) is 4.98 Å². The summed E-state index contributed by atoms with van der Waals surface area (Å²) >= 11 is 0. The number of nitriles is 1. The molecule has 3 aromatic rings. The number of aromatic nitrogens is 2. The lowest BCUT2D eigenvalue weighted by molar-refractivity contribution is 1.12. The molecule has 0 bridgehead atoms. The molecular formula is C20H17N5. The Morgan fingerprint density at radius 3 is 2.48 bits per heavy atom. The monoisotopic (exact) mass is 327 g/mol. The molecule has 5 nitrogen and oxygen atoms in total. The maximum Gasteiger partial charge on any atom is 0.225 e. The summed E-state index contributed by atoms with van der Waals surface area (Å²) in [6.07, 6.45) is 1.76. The average molecular weight is 327 g/mol. The van der Waals surface area contributed by atoms with Crippen LogP contribution < -0.4 is 10.6 Å². The molecule has 25 heavy (non-hydrogen) atoms. The second kappa shape index (κ2) is 7.75. The number of rotatable bonds is 6. The number of hydrogen-bond acceptors (Lipinski definition) is 5. The van der Waals surface area contributed by atoms with Crippen molar-refractivity contribution in [1.82, 2.24) is 9.97 Å². The molecule has 1 heterocycles. The van der Waals surface area contributed by atoms with Gasteiger partial charge in [-0.1, -0.05) is 36.4 Å². The maximum absolute atomic E-state index is 8.89. The SMILES string of the molecule is C=CCNc1nc(Nc2ccc(C#N)cc2)cc(-c2ccccc2)n1. The molecule has 0 saturated carbocycles. The van der Waals surface area contributed by atoms with Gasteiger partial charge >= 0.3 is 0 Å². The van der Waals surface area contributed by atoms with Gasteiger partial charge < -0.3 is 10.6 Å². The first kappa shape index (κ1) is 16.2. The smallest absolute Gasteiger partial charge is 0.225 e. The highest BCUT2D eigenvalue weighted by Gasteiger charge is 2.07. The third-order valence-electron chi connectivity index (χ3n) is 3.49. The topological polar surface area (TPSA) is 73.6 Å². The van der Waals surface area contributed by atoms with Crippen LogP contribution in [0.25, 0.3) is 11.3 Å². The van der Waals surface area contributed by atoms with Gasteiger partial charge in [0, 0.05) is 23.9 Å². The zero-order valence-corrected chi connectivity index (χ0v) is 13.6. The van der Waals surface area contributed by atoms with Crippen LogP contribution in [0.15, 0.2) is 73.3 Å². The molecule has 0 fully saturated rings. The fourth-order valence-corrected chi connectivity index (χ4v) is 2.29. The molecule has 1 aromatic heterocycles. The van der Waals surface area contributed by atoms with E-state index in [2.05, 4.69) is 33.2 Å². The van der Waals surface area contributed by atoms with Crippen LogP contribution in [-0.2, 0) is 0 Å². The molecule has 5 heteroatoms. The summed E-state index contributed by atoms with van der Waals surface area (Å²) in [5.41, 5.74) is 3.30. The molecule has 0 aliphatic carbocycles. The van der Waals surface area contributed by atoms with Gasteiger partial charge in [0.25, 0.3) is 0 Å². The van der Waals surface area contributed by atoms with Gasteiger partial charge in [-0.05, 0) is 24.3 Å². The molecule has 3 rings (SSSR count). The summed E-state index contributed by atoms with van der Waals surface area (Å²) < 4.78 is 0. The van der Waals surface area contributed by atoms with E-state index in [1.165, 1.54) is 0 Å². The van der Waals surface area contributed by atoms with E-state index in [-0.39, 0.29) is 0 Å². The van der Waals surface area contributed by atoms with Crippen LogP contribution in [0.1, 0.15) is 5.56 Å². The van der Waals surface area contributed by atoms with Gasteiger partial charge in [-0.2, -0.15) is 10.2 Å².